The molecule has 1 N–H and O–H groups in total. The van der Waals surface area contributed by atoms with E-state index in [1.165, 1.54) is 46.7 Å². The topological polar surface area (TPSA) is 30.9 Å². The minimum atomic E-state index is 0.567. The normalized spacial score (nSPS) is 18.4. The van der Waals surface area contributed by atoms with Crippen LogP contribution in [0.5, 0.6) is 0 Å². The highest BCUT2D eigenvalue weighted by Crippen LogP contribution is 2.39. The lowest BCUT2D eigenvalue weighted by Gasteiger charge is -2.41. The van der Waals surface area contributed by atoms with Gasteiger partial charge in [-0.3, -0.25) is 4.90 Å². The van der Waals surface area contributed by atoms with Gasteiger partial charge in [0.1, 0.15) is 10.8 Å². The van der Waals surface area contributed by atoms with Crippen molar-refractivity contribution in [2.45, 2.75) is 38.6 Å². The molecular formula is C27H32N4S. The van der Waals surface area contributed by atoms with Crippen LogP contribution >= 0.6 is 11.3 Å². The van der Waals surface area contributed by atoms with Gasteiger partial charge in [-0.2, -0.15) is 0 Å². The molecule has 1 atom stereocenters. The van der Waals surface area contributed by atoms with E-state index in [1.54, 1.807) is 0 Å². The number of hydrogen-bond acceptors (Lipinski definition) is 5. The summed E-state index contributed by atoms with van der Waals surface area (Å²) in [4.78, 5) is 11.6. The molecule has 2 aliphatic heterocycles. The standard InChI is InChI=1S/C27H32N4S/c1-20-18-23-26(28-24-14-8-9-15-25(24)29-27(23)32-20)31-17-16-30(2)22(19-31)13-7-6-12-21-10-4-3-5-11-21/h3-5,8-11,14-15,18,22,29H,6-7,12-13,16-17,19H2,1-2H3. The molecule has 2 aromatic carbocycles. The first kappa shape index (κ1) is 21.2. The van der Waals surface area contributed by atoms with Crippen molar-refractivity contribution in [2.75, 3.05) is 32.0 Å². The van der Waals surface area contributed by atoms with Crippen LogP contribution < -0.4 is 5.32 Å². The molecule has 1 aromatic heterocycles. The van der Waals surface area contributed by atoms with E-state index >= 15 is 0 Å². The van der Waals surface area contributed by atoms with Gasteiger partial charge in [0.2, 0.25) is 0 Å². The lowest BCUT2D eigenvalue weighted by Crippen LogP contribution is -2.53. The number of piperazine rings is 1. The predicted molar refractivity (Wildman–Crippen MR) is 137 cm³/mol. The molecule has 1 saturated heterocycles. The van der Waals surface area contributed by atoms with Crippen LogP contribution in [0.25, 0.3) is 0 Å². The molecule has 1 unspecified atom stereocenters. The van der Waals surface area contributed by atoms with Gasteiger partial charge in [0.15, 0.2) is 0 Å². The maximum atomic E-state index is 5.18. The molecular weight excluding hydrogens is 412 g/mol. The molecule has 5 heteroatoms. The van der Waals surface area contributed by atoms with Crippen molar-refractivity contribution in [3.05, 3.63) is 76.7 Å². The van der Waals surface area contributed by atoms with Crippen molar-refractivity contribution in [3.8, 4) is 0 Å². The highest BCUT2D eigenvalue weighted by atomic mass is 32.1. The Kier molecular flexibility index (Phi) is 6.28. The molecule has 5 rings (SSSR count). The van der Waals surface area contributed by atoms with Gasteiger partial charge in [0.05, 0.1) is 16.9 Å². The minimum Gasteiger partial charge on any atom is -0.353 e. The monoisotopic (exact) mass is 444 g/mol. The van der Waals surface area contributed by atoms with Crippen molar-refractivity contribution in [1.82, 2.24) is 9.80 Å². The first-order valence-corrected chi connectivity index (χ1v) is 12.5. The lowest BCUT2D eigenvalue weighted by atomic mass is 10.0. The smallest absolute Gasteiger partial charge is 0.139 e. The van der Waals surface area contributed by atoms with Gasteiger partial charge in [0.25, 0.3) is 0 Å². The Hall–Kier alpha value is -2.63. The van der Waals surface area contributed by atoms with E-state index in [0.29, 0.717) is 6.04 Å². The zero-order valence-electron chi connectivity index (χ0n) is 19.1. The largest absolute Gasteiger partial charge is 0.353 e. The summed E-state index contributed by atoms with van der Waals surface area (Å²) in [5.74, 6) is 1.13. The Balaban J connectivity index is 1.31. The fourth-order valence-electron chi connectivity index (χ4n) is 4.79. The number of amidine groups is 1. The Morgan fingerprint density at radius 3 is 2.72 bits per heavy atom. The number of thiophene rings is 1. The van der Waals surface area contributed by atoms with Crippen molar-refractivity contribution in [2.24, 2.45) is 4.99 Å². The molecule has 3 heterocycles. The Bertz CT molecular complexity index is 1090. The van der Waals surface area contributed by atoms with Crippen LogP contribution in [-0.2, 0) is 6.42 Å². The predicted octanol–water partition coefficient (Wildman–Crippen LogP) is 6.22. The SMILES string of the molecule is Cc1cc2c(s1)Nc1ccccc1N=C2N1CCN(C)C(CCCCc2ccccc2)C1. The van der Waals surface area contributed by atoms with Gasteiger partial charge in [0, 0.05) is 30.6 Å². The molecule has 166 valence electrons. The van der Waals surface area contributed by atoms with Crippen molar-refractivity contribution in [3.63, 3.8) is 0 Å². The van der Waals surface area contributed by atoms with Crippen LogP contribution in [0, 0.1) is 6.92 Å². The molecule has 3 aromatic rings. The maximum Gasteiger partial charge on any atom is 0.139 e. The van der Waals surface area contributed by atoms with E-state index in [0.717, 1.165) is 36.8 Å². The fraction of sp³-hybridized carbons (Fsp3) is 0.370. The Labute approximate surface area is 195 Å². The number of anilines is 2. The number of fused-ring (bicyclic) bond motifs is 2. The summed E-state index contributed by atoms with van der Waals surface area (Å²) in [6, 6.07) is 22.1. The first-order chi connectivity index (χ1) is 15.7. The van der Waals surface area contributed by atoms with Gasteiger partial charge < -0.3 is 10.2 Å². The van der Waals surface area contributed by atoms with Crippen molar-refractivity contribution < 1.29 is 0 Å². The van der Waals surface area contributed by atoms with Crippen LogP contribution in [0.1, 0.15) is 35.3 Å². The molecule has 0 spiro atoms. The second kappa shape index (κ2) is 9.47. The summed E-state index contributed by atoms with van der Waals surface area (Å²) in [6.07, 6.45) is 4.92. The molecule has 32 heavy (non-hydrogen) atoms. The van der Waals surface area contributed by atoms with Gasteiger partial charge >= 0.3 is 0 Å². The van der Waals surface area contributed by atoms with Gasteiger partial charge in [-0.15, -0.1) is 11.3 Å². The third-order valence-electron chi connectivity index (χ3n) is 6.65. The first-order valence-electron chi connectivity index (χ1n) is 11.7. The summed E-state index contributed by atoms with van der Waals surface area (Å²) in [7, 11) is 2.28. The van der Waals surface area contributed by atoms with E-state index in [9.17, 15) is 0 Å². The summed E-state index contributed by atoms with van der Waals surface area (Å²) in [6.45, 7) is 5.32. The molecule has 0 saturated carbocycles. The Morgan fingerprint density at radius 2 is 1.84 bits per heavy atom. The second-order valence-electron chi connectivity index (χ2n) is 8.99. The van der Waals surface area contributed by atoms with E-state index in [-0.39, 0.29) is 0 Å². The number of rotatable bonds is 5. The number of nitrogens with one attached hydrogen (secondary N) is 1. The third-order valence-corrected chi connectivity index (χ3v) is 7.61. The van der Waals surface area contributed by atoms with Crippen LogP contribution in [-0.4, -0.2) is 48.4 Å². The van der Waals surface area contributed by atoms with Crippen molar-refractivity contribution in [1.29, 1.82) is 0 Å². The second-order valence-corrected chi connectivity index (χ2v) is 10.2. The summed E-state index contributed by atoms with van der Waals surface area (Å²) < 4.78 is 0. The van der Waals surface area contributed by atoms with Crippen LogP contribution in [0.2, 0.25) is 0 Å². The quantitative estimate of drug-likeness (QED) is 0.474. The molecule has 0 radical (unpaired) electrons. The van der Waals surface area contributed by atoms with Crippen LogP contribution in [0.15, 0.2) is 65.7 Å². The summed E-state index contributed by atoms with van der Waals surface area (Å²) in [5.41, 5.74) is 4.82. The third kappa shape index (κ3) is 4.59. The lowest BCUT2D eigenvalue weighted by molar-refractivity contribution is 0.132. The average molecular weight is 445 g/mol. The fourth-order valence-corrected chi connectivity index (χ4v) is 5.71. The molecule has 0 amide bonds. The van der Waals surface area contributed by atoms with Crippen LogP contribution in [0.3, 0.4) is 0 Å². The highest BCUT2D eigenvalue weighted by molar-refractivity contribution is 7.16. The minimum absolute atomic E-state index is 0.567. The number of hydrogen-bond donors (Lipinski definition) is 1. The van der Waals surface area contributed by atoms with E-state index in [4.69, 9.17) is 4.99 Å². The van der Waals surface area contributed by atoms with Crippen LogP contribution in [0.4, 0.5) is 16.4 Å². The number of benzene rings is 2. The van der Waals surface area contributed by atoms with E-state index in [2.05, 4.69) is 89.8 Å². The number of nitrogens with zero attached hydrogens (tertiary/aromatic N) is 3. The summed E-state index contributed by atoms with van der Waals surface area (Å²) in [5, 5.41) is 4.85. The zero-order chi connectivity index (χ0) is 21.9. The number of likely N-dealkylation sites (N-methyl/N-ethyl adjacent to an activating group) is 1. The Morgan fingerprint density at radius 1 is 1.03 bits per heavy atom. The van der Waals surface area contributed by atoms with E-state index in [1.807, 2.05) is 11.3 Å². The number of unbranched alkanes of at least 4 members (excludes halogenated alkanes) is 1. The zero-order valence-corrected chi connectivity index (χ0v) is 19.9. The molecule has 4 nitrogen and oxygen atoms in total. The molecule has 2 aliphatic rings. The maximum absolute atomic E-state index is 5.18. The van der Waals surface area contributed by atoms with Gasteiger partial charge in [-0.05, 0) is 57.0 Å². The number of para-hydroxylation sites is 2. The van der Waals surface area contributed by atoms with E-state index < -0.39 is 0 Å². The number of aryl methyl sites for hydroxylation is 2. The highest BCUT2D eigenvalue weighted by Gasteiger charge is 2.29. The molecule has 0 bridgehead atoms. The molecule has 1 fully saturated rings. The van der Waals surface area contributed by atoms with Gasteiger partial charge in [-0.1, -0.05) is 48.9 Å². The van der Waals surface area contributed by atoms with Gasteiger partial charge in [-0.25, -0.2) is 4.99 Å². The summed E-state index contributed by atoms with van der Waals surface area (Å²) >= 11 is 1.82. The van der Waals surface area contributed by atoms with Crippen molar-refractivity contribution >= 4 is 33.5 Å². The number of aliphatic imine (C=N–C) groups is 1. The average Bonchev–Trinajstić information content (AvgIpc) is 3.10. The molecule has 0 aliphatic carbocycles.